The van der Waals surface area contributed by atoms with E-state index in [-0.39, 0.29) is 23.9 Å². The second-order valence-electron chi connectivity index (χ2n) is 10.7. The first-order chi connectivity index (χ1) is 19.2. The van der Waals surface area contributed by atoms with E-state index in [1.807, 2.05) is 28.2 Å². The van der Waals surface area contributed by atoms with Gasteiger partial charge >= 0.3 is 0 Å². The molecule has 210 valence electrons. The van der Waals surface area contributed by atoms with Gasteiger partial charge < -0.3 is 20.4 Å². The molecule has 0 radical (unpaired) electrons. The summed E-state index contributed by atoms with van der Waals surface area (Å²) in [6, 6.07) is 4.42. The summed E-state index contributed by atoms with van der Waals surface area (Å²) in [6.45, 7) is 8.36. The lowest BCUT2D eigenvalue weighted by atomic mass is 10.2. The molecule has 40 heavy (non-hydrogen) atoms. The van der Waals surface area contributed by atoms with Gasteiger partial charge in [-0.15, -0.1) is 0 Å². The van der Waals surface area contributed by atoms with Gasteiger partial charge in [0.05, 0.1) is 40.9 Å². The lowest BCUT2D eigenvalue weighted by molar-refractivity contribution is -0.120. The fraction of sp³-hybridized carbons (Fsp3) is 0.481. The van der Waals surface area contributed by atoms with E-state index >= 15 is 0 Å². The Hall–Kier alpha value is -3.49. The quantitative estimate of drug-likeness (QED) is 0.289. The van der Waals surface area contributed by atoms with Gasteiger partial charge in [-0.25, -0.2) is 19.0 Å². The van der Waals surface area contributed by atoms with Crippen molar-refractivity contribution < 1.29 is 9.59 Å². The average molecular weight is 657 g/mol. The van der Waals surface area contributed by atoms with Gasteiger partial charge in [-0.05, 0) is 67.3 Å². The molecule has 2 fully saturated rings. The molecule has 4 aromatic heterocycles. The smallest absolute Gasteiger partial charge is 0.217 e. The lowest BCUT2D eigenvalue weighted by Gasteiger charge is -2.20. The van der Waals surface area contributed by atoms with Crippen LogP contribution in [0.15, 0.2) is 24.5 Å². The molecule has 0 spiro atoms. The highest BCUT2D eigenvalue weighted by Crippen LogP contribution is 2.29. The third-order valence-electron chi connectivity index (χ3n) is 7.62. The summed E-state index contributed by atoms with van der Waals surface area (Å²) >= 11 is 2.30. The van der Waals surface area contributed by atoms with Gasteiger partial charge in [0.1, 0.15) is 3.70 Å². The molecule has 0 bridgehead atoms. The van der Waals surface area contributed by atoms with Crippen molar-refractivity contribution in [3.05, 3.63) is 45.3 Å². The highest BCUT2D eigenvalue weighted by atomic mass is 127. The lowest BCUT2D eigenvalue weighted by Crippen LogP contribution is -2.35. The van der Waals surface area contributed by atoms with E-state index in [1.54, 1.807) is 20.0 Å². The minimum absolute atomic E-state index is 0.000923. The standard InChI is InChI=1S/C27H33IN10O2/c1-16-25(28)38-27(30-16)24(36-11-8-22(14-36)32-18(3)40)12-19(34-38)4-5-20-15-37-26(33-20)23(6-9-29-37)35-10-7-21(13-35)31-17(2)39/h6,9,12,15,21-22H,4-5,7-8,10-11,13-14H2,1-3H3,(H,31,39)(H,32,40)/t21-,22-/m1/s1. The van der Waals surface area contributed by atoms with E-state index in [4.69, 9.17) is 15.1 Å². The second-order valence-corrected chi connectivity index (χ2v) is 11.7. The number of hydrogen-bond donors (Lipinski definition) is 2. The van der Waals surface area contributed by atoms with Gasteiger partial charge in [0.25, 0.3) is 0 Å². The second kappa shape index (κ2) is 10.8. The fourth-order valence-corrected chi connectivity index (χ4v) is 6.27. The first kappa shape index (κ1) is 26.7. The predicted octanol–water partition coefficient (Wildman–Crippen LogP) is 1.90. The van der Waals surface area contributed by atoms with Crippen LogP contribution in [-0.2, 0) is 22.4 Å². The Morgan fingerprint density at radius 3 is 2.27 bits per heavy atom. The van der Waals surface area contributed by atoms with E-state index in [0.29, 0.717) is 12.8 Å². The Morgan fingerprint density at radius 2 is 1.60 bits per heavy atom. The molecular formula is C27H33IN10O2. The van der Waals surface area contributed by atoms with Crippen LogP contribution in [-0.4, -0.2) is 79.3 Å². The number of amides is 2. The summed E-state index contributed by atoms with van der Waals surface area (Å²) in [4.78, 5) is 37.4. The molecule has 6 rings (SSSR count). The predicted molar refractivity (Wildman–Crippen MR) is 160 cm³/mol. The van der Waals surface area contributed by atoms with Crippen molar-refractivity contribution in [2.45, 2.75) is 58.5 Å². The van der Waals surface area contributed by atoms with E-state index in [9.17, 15) is 9.59 Å². The maximum Gasteiger partial charge on any atom is 0.217 e. The van der Waals surface area contributed by atoms with E-state index < -0.39 is 0 Å². The Morgan fingerprint density at radius 1 is 0.950 bits per heavy atom. The van der Waals surface area contributed by atoms with Crippen molar-refractivity contribution in [3.63, 3.8) is 0 Å². The van der Waals surface area contributed by atoms with Crippen LogP contribution in [0.2, 0.25) is 0 Å². The molecule has 6 heterocycles. The van der Waals surface area contributed by atoms with Crippen molar-refractivity contribution in [2.24, 2.45) is 0 Å². The molecule has 2 amide bonds. The van der Waals surface area contributed by atoms with Gasteiger partial charge in [-0.2, -0.15) is 10.2 Å². The molecule has 13 heteroatoms. The summed E-state index contributed by atoms with van der Waals surface area (Å²) in [5.74, 6) is 0.00333. The number of hydrogen-bond acceptors (Lipinski definition) is 8. The molecule has 2 aliphatic heterocycles. The number of fused-ring (bicyclic) bond motifs is 2. The van der Waals surface area contributed by atoms with E-state index in [1.165, 1.54) is 0 Å². The maximum atomic E-state index is 11.6. The van der Waals surface area contributed by atoms with Gasteiger partial charge in [0, 0.05) is 52.1 Å². The number of carbonyl (C=O) groups is 2. The van der Waals surface area contributed by atoms with Gasteiger partial charge in [-0.1, -0.05) is 0 Å². The zero-order valence-electron chi connectivity index (χ0n) is 22.9. The number of nitrogens with one attached hydrogen (secondary N) is 2. The van der Waals surface area contributed by atoms with Gasteiger partial charge in [0.2, 0.25) is 11.8 Å². The van der Waals surface area contributed by atoms with Crippen LogP contribution < -0.4 is 20.4 Å². The molecule has 0 unspecified atom stereocenters. The van der Waals surface area contributed by atoms with Crippen molar-refractivity contribution in [1.82, 2.24) is 39.8 Å². The number of anilines is 2. The number of carbonyl (C=O) groups excluding carboxylic acids is 2. The normalized spacial score (nSPS) is 19.2. The van der Waals surface area contributed by atoms with Crippen LogP contribution in [0, 0.1) is 10.6 Å². The van der Waals surface area contributed by atoms with Gasteiger partial charge in [0.15, 0.2) is 11.3 Å². The Bertz CT molecular complexity index is 1600. The highest BCUT2D eigenvalue weighted by molar-refractivity contribution is 14.1. The van der Waals surface area contributed by atoms with Crippen LogP contribution in [0.1, 0.15) is 43.8 Å². The van der Waals surface area contributed by atoms with Crippen LogP contribution in [0.25, 0.3) is 11.3 Å². The molecular weight excluding hydrogens is 623 g/mol. The molecule has 2 aliphatic rings. The van der Waals surface area contributed by atoms with Crippen LogP contribution in [0.3, 0.4) is 0 Å². The van der Waals surface area contributed by atoms with Crippen molar-refractivity contribution in [3.8, 4) is 0 Å². The molecule has 2 N–H and O–H groups in total. The third-order valence-corrected chi connectivity index (χ3v) is 8.86. The topological polar surface area (TPSA) is 125 Å². The Labute approximate surface area is 245 Å². The molecule has 4 aromatic rings. The maximum absolute atomic E-state index is 11.6. The zero-order chi connectivity index (χ0) is 28.0. The number of aromatic nitrogens is 6. The number of aryl methyl sites for hydroxylation is 3. The SMILES string of the molecule is CC(=O)N[C@@H]1CCN(c2ccnn3cc(CCc4cc(N5CC[C@@H](NC(C)=O)C5)c5nc(C)c(I)n5n4)nc23)C1. The minimum Gasteiger partial charge on any atom is -0.366 e. The summed E-state index contributed by atoms with van der Waals surface area (Å²) < 4.78 is 4.78. The molecule has 0 saturated carbocycles. The summed E-state index contributed by atoms with van der Waals surface area (Å²) in [5, 5.41) is 15.5. The fourth-order valence-electron chi connectivity index (χ4n) is 5.81. The molecule has 12 nitrogen and oxygen atoms in total. The molecule has 2 saturated heterocycles. The molecule has 2 atom stereocenters. The van der Waals surface area contributed by atoms with Crippen molar-refractivity contribution >= 4 is 57.1 Å². The summed E-state index contributed by atoms with van der Waals surface area (Å²) in [6.07, 6.45) is 7.03. The van der Waals surface area contributed by atoms with E-state index in [0.717, 1.165) is 82.5 Å². The third kappa shape index (κ3) is 5.30. The summed E-state index contributed by atoms with van der Waals surface area (Å²) in [7, 11) is 0. The number of imidazole rings is 2. The number of halogens is 1. The van der Waals surface area contributed by atoms with E-state index in [2.05, 4.69) is 54.2 Å². The largest absolute Gasteiger partial charge is 0.366 e. The minimum atomic E-state index is 0.000923. The molecule has 0 aromatic carbocycles. The number of rotatable bonds is 7. The average Bonchev–Trinajstić information content (AvgIpc) is 3.69. The van der Waals surface area contributed by atoms with Gasteiger partial charge in [-0.3, -0.25) is 9.59 Å². The Kier molecular flexibility index (Phi) is 7.23. The summed E-state index contributed by atoms with van der Waals surface area (Å²) in [5.41, 5.74) is 6.61. The first-order valence-corrected chi connectivity index (χ1v) is 14.7. The Balaban J connectivity index is 1.23. The van der Waals surface area contributed by atoms with Crippen molar-refractivity contribution in [2.75, 3.05) is 36.0 Å². The zero-order valence-corrected chi connectivity index (χ0v) is 25.1. The van der Waals surface area contributed by atoms with Crippen LogP contribution in [0.4, 0.5) is 11.4 Å². The highest BCUT2D eigenvalue weighted by Gasteiger charge is 2.27. The van der Waals surface area contributed by atoms with Crippen LogP contribution in [0.5, 0.6) is 0 Å². The number of nitrogens with zero attached hydrogens (tertiary/aromatic N) is 8. The first-order valence-electron chi connectivity index (χ1n) is 13.7. The molecule has 0 aliphatic carbocycles. The van der Waals surface area contributed by atoms with Crippen molar-refractivity contribution in [1.29, 1.82) is 0 Å². The monoisotopic (exact) mass is 656 g/mol. The van der Waals surface area contributed by atoms with Crippen LogP contribution >= 0.6 is 22.6 Å².